The normalized spacial score (nSPS) is 10.3. The fourth-order valence-corrected chi connectivity index (χ4v) is 3.13. The van der Waals surface area contributed by atoms with E-state index >= 15 is 0 Å². The third-order valence-electron chi connectivity index (χ3n) is 2.87. The Morgan fingerprint density at radius 2 is 2.25 bits per heavy atom. The molecule has 1 aromatic carbocycles. The first kappa shape index (κ1) is 14.9. The minimum atomic E-state index is -0.114. The molecule has 0 atom stereocenters. The third kappa shape index (κ3) is 3.13. The Hall–Kier alpha value is -1.53. The van der Waals surface area contributed by atoms with E-state index in [4.69, 9.17) is 10.5 Å². The molecular formula is C14H15BrN2O2S. The Morgan fingerprint density at radius 1 is 1.50 bits per heavy atom. The number of halogens is 1. The van der Waals surface area contributed by atoms with Crippen molar-refractivity contribution in [2.45, 2.75) is 6.54 Å². The number of nitrogens with two attached hydrogens (primary N) is 1. The van der Waals surface area contributed by atoms with Gasteiger partial charge in [0.2, 0.25) is 0 Å². The summed E-state index contributed by atoms with van der Waals surface area (Å²) in [4.78, 5) is 14.1. The summed E-state index contributed by atoms with van der Waals surface area (Å²) in [5.41, 5.74) is 7.85. The maximum absolute atomic E-state index is 12.5. The molecule has 0 aliphatic heterocycles. The molecule has 0 spiro atoms. The number of carbonyl (C=O) groups is 1. The minimum Gasteiger partial charge on any atom is -0.494 e. The lowest BCUT2D eigenvalue weighted by molar-refractivity contribution is 0.0782. The molecule has 0 aliphatic carbocycles. The van der Waals surface area contributed by atoms with Gasteiger partial charge in [-0.3, -0.25) is 4.79 Å². The van der Waals surface area contributed by atoms with Crippen LogP contribution in [0.15, 0.2) is 33.4 Å². The molecule has 0 saturated heterocycles. The zero-order valence-electron chi connectivity index (χ0n) is 11.2. The van der Waals surface area contributed by atoms with Crippen LogP contribution in [0.3, 0.4) is 0 Å². The van der Waals surface area contributed by atoms with Gasteiger partial charge in [0, 0.05) is 13.6 Å². The molecule has 20 heavy (non-hydrogen) atoms. The molecular weight excluding hydrogens is 340 g/mol. The molecule has 2 aromatic rings. The number of nitrogens with zero attached hydrogens (tertiary/aromatic N) is 1. The Kier molecular flexibility index (Phi) is 4.67. The summed E-state index contributed by atoms with van der Waals surface area (Å²) in [6.07, 6.45) is 0. The first-order chi connectivity index (χ1) is 9.52. The number of anilines is 1. The van der Waals surface area contributed by atoms with Crippen LogP contribution in [-0.4, -0.2) is 25.0 Å². The molecule has 2 rings (SSSR count). The number of thiophene rings is 1. The van der Waals surface area contributed by atoms with Crippen LogP contribution in [0, 0.1) is 0 Å². The third-order valence-corrected chi connectivity index (χ3v) is 4.42. The monoisotopic (exact) mass is 354 g/mol. The number of carbonyl (C=O) groups excluding carboxylic acids is 1. The molecule has 2 N–H and O–H groups in total. The van der Waals surface area contributed by atoms with E-state index in [0.29, 0.717) is 23.5 Å². The van der Waals surface area contributed by atoms with E-state index in [1.807, 2.05) is 11.4 Å². The van der Waals surface area contributed by atoms with Crippen LogP contribution in [0.1, 0.15) is 15.9 Å². The van der Waals surface area contributed by atoms with Crippen molar-refractivity contribution in [3.63, 3.8) is 0 Å². The van der Waals surface area contributed by atoms with Crippen molar-refractivity contribution in [3.05, 3.63) is 44.6 Å². The molecule has 4 nitrogen and oxygen atoms in total. The van der Waals surface area contributed by atoms with Crippen molar-refractivity contribution in [1.29, 1.82) is 0 Å². The number of para-hydroxylation sites is 1. The minimum absolute atomic E-state index is 0.114. The van der Waals surface area contributed by atoms with Crippen LogP contribution in [-0.2, 0) is 6.54 Å². The van der Waals surface area contributed by atoms with Gasteiger partial charge in [-0.15, -0.1) is 11.3 Å². The molecule has 1 aromatic heterocycles. The van der Waals surface area contributed by atoms with Crippen molar-refractivity contribution in [2.24, 2.45) is 0 Å². The fourth-order valence-electron chi connectivity index (χ4n) is 1.93. The van der Waals surface area contributed by atoms with Crippen molar-refractivity contribution >= 4 is 38.9 Å². The summed E-state index contributed by atoms with van der Waals surface area (Å²) in [5.74, 6) is 0.312. The summed E-state index contributed by atoms with van der Waals surface area (Å²) in [6, 6.07) is 7.19. The highest BCUT2D eigenvalue weighted by Crippen LogP contribution is 2.27. The number of rotatable bonds is 4. The van der Waals surface area contributed by atoms with Gasteiger partial charge in [-0.05, 0) is 45.1 Å². The van der Waals surface area contributed by atoms with Crippen molar-refractivity contribution in [3.8, 4) is 5.75 Å². The molecule has 1 amide bonds. The average molecular weight is 355 g/mol. The predicted molar refractivity (Wildman–Crippen MR) is 85.2 cm³/mol. The SMILES string of the molecule is COc1c(N)cccc1C(=O)N(C)Cc1csc(Br)c1. The molecule has 6 heteroatoms. The summed E-state index contributed by atoms with van der Waals surface area (Å²) in [6.45, 7) is 0.541. The largest absolute Gasteiger partial charge is 0.494 e. The molecule has 0 radical (unpaired) electrons. The first-order valence-corrected chi connectivity index (χ1v) is 7.61. The zero-order chi connectivity index (χ0) is 14.7. The molecule has 106 valence electrons. The van der Waals surface area contributed by atoms with E-state index in [2.05, 4.69) is 15.9 Å². The van der Waals surface area contributed by atoms with Crippen LogP contribution >= 0.6 is 27.3 Å². The standard InChI is InChI=1S/C14H15BrN2O2S/c1-17(7-9-6-12(15)20-8-9)14(18)10-4-3-5-11(16)13(10)19-2/h3-6,8H,7,16H2,1-2H3. The van der Waals surface area contributed by atoms with Crippen LogP contribution in [0.4, 0.5) is 5.69 Å². The number of ether oxygens (including phenoxy) is 1. The second-order valence-electron chi connectivity index (χ2n) is 4.35. The Balaban J connectivity index is 2.20. The fraction of sp³-hybridized carbons (Fsp3) is 0.214. The van der Waals surface area contributed by atoms with E-state index < -0.39 is 0 Å². The maximum Gasteiger partial charge on any atom is 0.257 e. The van der Waals surface area contributed by atoms with Gasteiger partial charge in [0.15, 0.2) is 5.75 Å². The lowest BCUT2D eigenvalue weighted by Crippen LogP contribution is -2.26. The number of nitrogen functional groups attached to an aromatic ring is 1. The number of hydrogen-bond donors (Lipinski definition) is 1. The summed E-state index contributed by atoms with van der Waals surface area (Å²) < 4.78 is 6.27. The van der Waals surface area contributed by atoms with Crippen LogP contribution in [0.5, 0.6) is 5.75 Å². The van der Waals surface area contributed by atoms with Crippen LogP contribution < -0.4 is 10.5 Å². The van der Waals surface area contributed by atoms with Crippen molar-refractivity contribution < 1.29 is 9.53 Å². The Morgan fingerprint density at radius 3 is 2.85 bits per heavy atom. The number of methoxy groups -OCH3 is 1. The maximum atomic E-state index is 12.5. The Labute approximate surface area is 130 Å². The molecule has 0 bridgehead atoms. The van der Waals surface area contributed by atoms with Gasteiger partial charge in [-0.2, -0.15) is 0 Å². The summed E-state index contributed by atoms with van der Waals surface area (Å²) >= 11 is 5.01. The Bertz CT molecular complexity index is 627. The van der Waals surface area contributed by atoms with Crippen LogP contribution in [0.2, 0.25) is 0 Å². The highest BCUT2D eigenvalue weighted by molar-refractivity contribution is 9.11. The van der Waals surface area contributed by atoms with Gasteiger partial charge in [0.1, 0.15) is 0 Å². The smallest absolute Gasteiger partial charge is 0.257 e. The number of amides is 1. The zero-order valence-corrected chi connectivity index (χ0v) is 13.6. The van der Waals surface area contributed by atoms with Gasteiger partial charge in [0.25, 0.3) is 5.91 Å². The van der Waals surface area contributed by atoms with Crippen molar-refractivity contribution in [1.82, 2.24) is 4.90 Å². The predicted octanol–water partition coefficient (Wildman–Crippen LogP) is 3.37. The van der Waals surface area contributed by atoms with Gasteiger partial charge >= 0.3 is 0 Å². The van der Waals surface area contributed by atoms with E-state index in [1.165, 1.54) is 7.11 Å². The number of hydrogen-bond acceptors (Lipinski definition) is 4. The lowest BCUT2D eigenvalue weighted by atomic mass is 10.1. The highest BCUT2D eigenvalue weighted by atomic mass is 79.9. The van der Waals surface area contributed by atoms with Gasteiger partial charge in [0.05, 0.1) is 22.1 Å². The highest BCUT2D eigenvalue weighted by Gasteiger charge is 2.18. The second kappa shape index (κ2) is 6.28. The second-order valence-corrected chi connectivity index (χ2v) is 6.64. The molecule has 0 saturated carbocycles. The number of benzene rings is 1. The molecule has 0 aliphatic rings. The molecule has 1 heterocycles. The topological polar surface area (TPSA) is 55.6 Å². The summed E-state index contributed by atoms with van der Waals surface area (Å²) in [5, 5.41) is 2.02. The molecule has 0 fully saturated rings. The lowest BCUT2D eigenvalue weighted by Gasteiger charge is -2.18. The van der Waals surface area contributed by atoms with Crippen LogP contribution in [0.25, 0.3) is 0 Å². The van der Waals surface area contributed by atoms with E-state index in [9.17, 15) is 4.79 Å². The van der Waals surface area contributed by atoms with Gasteiger partial charge in [-0.25, -0.2) is 0 Å². The summed E-state index contributed by atoms with van der Waals surface area (Å²) in [7, 11) is 3.27. The average Bonchev–Trinajstić information content (AvgIpc) is 2.82. The van der Waals surface area contributed by atoms with Gasteiger partial charge in [-0.1, -0.05) is 6.07 Å². The molecule has 0 unspecified atom stereocenters. The van der Waals surface area contributed by atoms with E-state index in [0.717, 1.165) is 9.35 Å². The van der Waals surface area contributed by atoms with Crippen molar-refractivity contribution in [2.75, 3.05) is 19.9 Å². The van der Waals surface area contributed by atoms with E-state index in [1.54, 1.807) is 41.5 Å². The van der Waals surface area contributed by atoms with Gasteiger partial charge < -0.3 is 15.4 Å². The first-order valence-electron chi connectivity index (χ1n) is 5.93. The van der Waals surface area contributed by atoms with E-state index in [-0.39, 0.29) is 5.91 Å². The quantitative estimate of drug-likeness (QED) is 0.856.